The number of carbonyl (C=O) groups excluding carboxylic acids is 1. The minimum atomic E-state index is 0.183. The van der Waals surface area contributed by atoms with E-state index in [1.165, 1.54) is 5.56 Å². The molecule has 2 aliphatic rings. The summed E-state index contributed by atoms with van der Waals surface area (Å²) in [5.41, 5.74) is 2.34. The van der Waals surface area contributed by atoms with Crippen molar-refractivity contribution >= 4 is 5.91 Å². The maximum absolute atomic E-state index is 12.7. The van der Waals surface area contributed by atoms with Crippen molar-refractivity contribution < 1.29 is 19.0 Å². The van der Waals surface area contributed by atoms with E-state index in [9.17, 15) is 4.79 Å². The van der Waals surface area contributed by atoms with Crippen LogP contribution in [0.1, 0.15) is 11.1 Å². The number of likely N-dealkylation sites (N-methyl/N-ethyl adjacent to an activating group) is 1. The Bertz CT molecular complexity index is 881. The number of nitrogens with zero attached hydrogens (tertiary/aromatic N) is 3. The second-order valence-electron chi connectivity index (χ2n) is 7.87. The lowest BCUT2D eigenvalue weighted by molar-refractivity contribution is -0.134. The first kappa shape index (κ1) is 20.5. The normalized spacial score (nSPS) is 16.2. The van der Waals surface area contributed by atoms with Crippen molar-refractivity contribution in [1.29, 1.82) is 0 Å². The molecule has 0 radical (unpaired) electrons. The van der Waals surface area contributed by atoms with Crippen LogP contribution >= 0.6 is 0 Å². The summed E-state index contributed by atoms with van der Waals surface area (Å²) >= 11 is 0. The molecule has 1 fully saturated rings. The van der Waals surface area contributed by atoms with Gasteiger partial charge in [0.15, 0.2) is 11.5 Å². The number of hydrogen-bond donors (Lipinski definition) is 0. The molecule has 0 atom stereocenters. The molecule has 160 valence electrons. The molecule has 0 aliphatic carbocycles. The first-order valence-corrected chi connectivity index (χ1v) is 10.3. The highest BCUT2D eigenvalue weighted by molar-refractivity contribution is 5.78. The lowest BCUT2D eigenvalue weighted by Crippen LogP contribution is -2.50. The molecule has 7 nitrogen and oxygen atoms in total. The monoisotopic (exact) mass is 411 g/mol. The molecule has 0 unspecified atom stereocenters. The Morgan fingerprint density at radius 1 is 1.03 bits per heavy atom. The smallest absolute Gasteiger partial charge is 0.236 e. The Hall–Kier alpha value is -2.77. The van der Waals surface area contributed by atoms with Crippen molar-refractivity contribution in [2.24, 2.45) is 0 Å². The average molecular weight is 412 g/mol. The Morgan fingerprint density at radius 3 is 2.63 bits per heavy atom. The lowest BCUT2D eigenvalue weighted by Gasteiger charge is -2.35. The number of piperazine rings is 1. The summed E-state index contributed by atoms with van der Waals surface area (Å²) in [7, 11) is 3.64. The Kier molecular flexibility index (Phi) is 6.40. The number of fused-ring (bicyclic) bond motifs is 1. The van der Waals surface area contributed by atoms with Crippen LogP contribution in [0.25, 0.3) is 0 Å². The van der Waals surface area contributed by atoms with Crippen LogP contribution in [-0.4, -0.2) is 74.3 Å². The van der Waals surface area contributed by atoms with E-state index in [0.29, 0.717) is 19.9 Å². The summed E-state index contributed by atoms with van der Waals surface area (Å²) in [5.74, 6) is 2.65. The highest BCUT2D eigenvalue weighted by Crippen LogP contribution is 2.32. The number of ether oxygens (including phenoxy) is 3. The van der Waals surface area contributed by atoms with Gasteiger partial charge in [-0.3, -0.25) is 14.6 Å². The minimum Gasteiger partial charge on any atom is -0.497 e. The first-order chi connectivity index (χ1) is 14.6. The van der Waals surface area contributed by atoms with Crippen LogP contribution in [0.4, 0.5) is 0 Å². The molecule has 2 aromatic carbocycles. The highest BCUT2D eigenvalue weighted by atomic mass is 16.7. The maximum atomic E-state index is 12.7. The molecule has 2 heterocycles. The predicted octanol–water partition coefficient (Wildman–Crippen LogP) is 2.20. The van der Waals surface area contributed by atoms with Crippen LogP contribution in [0.5, 0.6) is 17.2 Å². The number of hydrogen-bond acceptors (Lipinski definition) is 6. The molecule has 0 bridgehead atoms. The van der Waals surface area contributed by atoms with Crippen LogP contribution in [0.2, 0.25) is 0 Å². The van der Waals surface area contributed by atoms with Crippen molar-refractivity contribution in [3.63, 3.8) is 0 Å². The van der Waals surface area contributed by atoms with Crippen molar-refractivity contribution in [1.82, 2.24) is 14.7 Å². The summed E-state index contributed by atoms with van der Waals surface area (Å²) in [6.45, 7) is 5.55. The molecule has 0 saturated carbocycles. The van der Waals surface area contributed by atoms with Crippen LogP contribution in [0.3, 0.4) is 0 Å². The number of carbonyl (C=O) groups is 1. The molecule has 0 N–H and O–H groups in total. The number of rotatable bonds is 7. The molecule has 0 aromatic heterocycles. The van der Waals surface area contributed by atoms with Gasteiger partial charge in [-0.25, -0.2) is 0 Å². The van der Waals surface area contributed by atoms with Crippen LogP contribution in [-0.2, 0) is 17.9 Å². The number of benzene rings is 2. The van der Waals surface area contributed by atoms with Gasteiger partial charge in [-0.15, -0.1) is 0 Å². The molecule has 1 amide bonds. The topological polar surface area (TPSA) is 54.5 Å². The van der Waals surface area contributed by atoms with E-state index >= 15 is 0 Å². The zero-order chi connectivity index (χ0) is 20.9. The van der Waals surface area contributed by atoms with Gasteiger partial charge in [0.05, 0.1) is 13.7 Å². The summed E-state index contributed by atoms with van der Waals surface area (Å²) in [4.78, 5) is 19.1. The Morgan fingerprint density at radius 2 is 1.83 bits per heavy atom. The van der Waals surface area contributed by atoms with E-state index in [4.69, 9.17) is 14.2 Å². The third-order valence-corrected chi connectivity index (χ3v) is 5.56. The van der Waals surface area contributed by atoms with Gasteiger partial charge in [-0.2, -0.15) is 0 Å². The van der Waals surface area contributed by atoms with E-state index in [2.05, 4.69) is 21.9 Å². The number of amides is 1. The van der Waals surface area contributed by atoms with Crippen molar-refractivity contribution in [2.75, 3.05) is 53.7 Å². The van der Waals surface area contributed by atoms with E-state index in [-0.39, 0.29) is 5.91 Å². The summed E-state index contributed by atoms with van der Waals surface area (Å²) in [6.07, 6.45) is 0. The highest BCUT2D eigenvalue weighted by Gasteiger charge is 2.22. The van der Waals surface area contributed by atoms with Crippen molar-refractivity contribution in [2.45, 2.75) is 13.1 Å². The van der Waals surface area contributed by atoms with Gasteiger partial charge < -0.3 is 19.1 Å². The molecule has 7 heteroatoms. The fraction of sp³-hybridized carbons (Fsp3) is 0.435. The van der Waals surface area contributed by atoms with Crippen LogP contribution < -0.4 is 14.2 Å². The molecular weight excluding hydrogens is 382 g/mol. The average Bonchev–Trinajstić information content (AvgIpc) is 3.22. The zero-order valence-corrected chi connectivity index (χ0v) is 17.7. The van der Waals surface area contributed by atoms with Gasteiger partial charge >= 0.3 is 0 Å². The van der Waals surface area contributed by atoms with E-state index < -0.39 is 0 Å². The quantitative estimate of drug-likeness (QED) is 0.696. The van der Waals surface area contributed by atoms with Gasteiger partial charge in [-0.05, 0) is 42.4 Å². The van der Waals surface area contributed by atoms with Crippen LogP contribution in [0.15, 0.2) is 42.5 Å². The van der Waals surface area contributed by atoms with Crippen molar-refractivity contribution in [3.8, 4) is 17.2 Å². The van der Waals surface area contributed by atoms with Gasteiger partial charge in [0.2, 0.25) is 12.7 Å². The van der Waals surface area contributed by atoms with Gasteiger partial charge in [0.25, 0.3) is 0 Å². The summed E-state index contributed by atoms with van der Waals surface area (Å²) in [5, 5.41) is 0. The number of methoxy groups -OCH3 is 1. The van der Waals surface area contributed by atoms with Crippen molar-refractivity contribution in [3.05, 3.63) is 53.6 Å². The molecule has 30 heavy (non-hydrogen) atoms. The molecule has 2 aliphatic heterocycles. The minimum absolute atomic E-state index is 0.183. The Balaban J connectivity index is 1.23. The molecule has 4 rings (SSSR count). The van der Waals surface area contributed by atoms with Crippen LogP contribution in [0, 0.1) is 0 Å². The molecule has 0 spiro atoms. The lowest BCUT2D eigenvalue weighted by atomic mass is 10.1. The fourth-order valence-electron chi connectivity index (χ4n) is 3.92. The molecule has 2 aromatic rings. The predicted molar refractivity (Wildman–Crippen MR) is 114 cm³/mol. The SMILES string of the molecule is COc1cccc(CN(C)CC(=O)N2CCN(Cc3ccc4c(c3)OCO4)CC2)c1. The Labute approximate surface area is 177 Å². The largest absolute Gasteiger partial charge is 0.497 e. The third-order valence-electron chi connectivity index (χ3n) is 5.56. The standard InChI is InChI=1S/C23H29N3O4/c1-24(14-18-4-3-5-20(12-18)28-2)16-23(27)26-10-8-25(9-11-26)15-19-6-7-21-22(13-19)30-17-29-21/h3-7,12-13H,8-11,14-17H2,1-2H3. The summed E-state index contributed by atoms with van der Waals surface area (Å²) in [6, 6.07) is 14.1. The molecule has 1 saturated heterocycles. The fourth-order valence-corrected chi connectivity index (χ4v) is 3.92. The summed E-state index contributed by atoms with van der Waals surface area (Å²) < 4.78 is 16.1. The van der Waals surface area contributed by atoms with E-state index in [1.54, 1.807) is 7.11 Å². The molecular formula is C23H29N3O4. The second-order valence-corrected chi connectivity index (χ2v) is 7.87. The van der Waals surface area contributed by atoms with Gasteiger partial charge in [-0.1, -0.05) is 18.2 Å². The zero-order valence-electron chi connectivity index (χ0n) is 17.7. The van der Waals surface area contributed by atoms with E-state index in [1.807, 2.05) is 42.3 Å². The van der Waals surface area contributed by atoms with E-state index in [0.717, 1.165) is 55.5 Å². The first-order valence-electron chi connectivity index (χ1n) is 10.3. The van der Waals surface area contributed by atoms with Gasteiger partial charge in [0, 0.05) is 39.3 Å². The second kappa shape index (κ2) is 9.36. The van der Waals surface area contributed by atoms with Gasteiger partial charge in [0.1, 0.15) is 5.75 Å². The maximum Gasteiger partial charge on any atom is 0.236 e. The third kappa shape index (κ3) is 5.04.